The summed E-state index contributed by atoms with van der Waals surface area (Å²) >= 11 is 1.58. The molecule has 0 amide bonds. The summed E-state index contributed by atoms with van der Waals surface area (Å²) in [6.07, 6.45) is 1.87. The first kappa shape index (κ1) is 16.5. The third kappa shape index (κ3) is 3.58. The van der Waals surface area contributed by atoms with Crippen LogP contribution in [-0.2, 0) is 13.1 Å². The molecule has 0 saturated heterocycles. The Morgan fingerprint density at radius 3 is 2.92 bits per heavy atom. The van der Waals surface area contributed by atoms with Crippen LogP contribution in [0.15, 0.2) is 36.5 Å². The number of anilines is 1. The van der Waals surface area contributed by atoms with Crippen LogP contribution in [0.3, 0.4) is 0 Å². The molecule has 0 unspecified atom stereocenters. The lowest BCUT2D eigenvalue weighted by atomic mass is 10.2. The first-order valence-corrected chi connectivity index (χ1v) is 8.51. The van der Waals surface area contributed by atoms with E-state index in [0.29, 0.717) is 13.1 Å². The molecule has 0 bridgehead atoms. The maximum Gasteiger partial charge on any atom is 0.183 e. The molecule has 0 saturated carbocycles. The molecule has 7 heteroatoms. The van der Waals surface area contributed by atoms with Gasteiger partial charge >= 0.3 is 0 Å². The Hall–Kier alpha value is -2.38. The maximum absolute atomic E-state index is 8.99. The van der Waals surface area contributed by atoms with Gasteiger partial charge in [0.1, 0.15) is 11.4 Å². The number of hydrogen-bond acceptors (Lipinski definition) is 6. The molecule has 2 heterocycles. The number of nitrogens with one attached hydrogen (secondary N) is 1. The highest BCUT2D eigenvalue weighted by atomic mass is 32.1. The number of hydrogen-bond donors (Lipinski definition) is 2. The highest BCUT2D eigenvalue weighted by Gasteiger charge is 2.13. The van der Waals surface area contributed by atoms with Crippen LogP contribution in [0, 0.1) is 6.92 Å². The monoisotopic (exact) mass is 344 g/mol. The fourth-order valence-electron chi connectivity index (χ4n) is 2.44. The Balaban J connectivity index is 1.74. The molecule has 24 heavy (non-hydrogen) atoms. The van der Waals surface area contributed by atoms with E-state index >= 15 is 0 Å². The summed E-state index contributed by atoms with van der Waals surface area (Å²) < 4.78 is 7.10. The molecule has 0 radical (unpaired) electrons. The number of thiazole rings is 1. The zero-order valence-electron chi connectivity index (χ0n) is 13.7. The molecule has 0 spiro atoms. The van der Waals surface area contributed by atoms with Crippen molar-refractivity contribution in [1.29, 1.82) is 0 Å². The average molecular weight is 344 g/mol. The Morgan fingerprint density at radius 1 is 1.29 bits per heavy atom. The standard InChI is InChI=1S/C17H20N4O2S/c1-12-16(14-7-8-21(20-14)9-10-22)24-17(19-12)18-11-13-5-3-4-6-15(13)23-2/h3-8,22H,9-11H2,1-2H3,(H,18,19). The molecule has 0 aliphatic rings. The maximum atomic E-state index is 8.99. The lowest BCUT2D eigenvalue weighted by Crippen LogP contribution is -2.02. The zero-order chi connectivity index (χ0) is 16.9. The number of methoxy groups -OCH3 is 1. The summed E-state index contributed by atoms with van der Waals surface area (Å²) in [4.78, 5) is 5.62. The van der Waals surface area contributed by atoms with Crippen molar-refractivity contribution >= 4 is 16.5 Å². The molecule has 0 atom stereocenters. The van der Waals surface area contributed by atoms with Crippen LogP contribution in [0.5, 0.6) is 5.75 Å². The molecular formula is C17H20N4O2S. The van der Waals surface area contributed by atoms with Crippen molar-refractivity contribution in [1.82, 2.24) is 14.8 Å². The van der Waals surface area contributed by atoms with E-state index in [2.05, 4.69) is 15.4 Å². The first-order chi connectivity index (χ1) is 11.7. The fourth-order valence-corrected chi connectivity index (χ4v) is 3.37. The predicted molar refractivity (Wildman–Crippen MR) is 95.5 cm³/mol. The number of nitrogens with zero attached hydrogens (tertiary/aromatic N) is 3. The summed E-state index contributed by atoms with van der Waals surface area (Å²) in [7, 11) is 1.67. The predicted octanol–water partition coefficient (Wildman–Crippen LogP) is 2.93. The van der Waals surface area contributed by atoms with E-state index in [9.17, 15) is 0 Å². The van der Waals surface area contributed by atoms with E-state index in [1.807, 2.05) is 43.5 Å². The highest BCUT2D eigenvalue weighted by molar-refractivity contribution is 7.19. The van der Waals surface area contributed by atoms with Gasteiger partial charge in [-0.25, -0.2) is 4.98 Å². The normalized spacial score (nSPS) is 10.8. The quantitative estimate of drug-likeness (QED) is 0.689. The molecule has 2 aromatic heterocycles. The molecule has 1 aromatic carbocycles. The Kier molecular flexibility index (Phi) is 5.12. The average Bonchev–Trinajstić information content (AvgIpc) is 3.20. The summed E-state index contributed by atoms with van der Waals surface area (Å²) in [6, 6.07) is 9.87. The Morgan fingerprint density at radius 2 is 2.12 bits per heavy atom. The second kappa shape index (κ2) is 7.46. The number of aromatic nitrogens is 3. The van der Waals surface area contributed by atoms with Crippen LogP contribution in [0.4, 0.5) is 5.13 Å². The van der Waals surface area contributed by atoms with Gasteiger partial charge < -0.3 is 15.2 Å². The summed E-state index contributed by atoms with van der Waals surface area (Å²) in [6.45, 7) is 3.20. The van der Waals surface area contributed by atoms with Crippen molar-refractivity contribution in [3.63, 3.8) is 0 Å². The van der Waals surface area contributed by atoms with E-state index in [-0.39, 0.29) is 6.61 Å². The van der Waals surface area contributed by atoms with Gasteiger partial charge in [-0.15, -0.1) is 0 Å². The number of aliphatic hydroxyl groups is 1. The van der Waals surface area contributed by atoms with Gasteiger partial charge in [0, 0.05) is 18.3 Å². The van der Waals surface area contributed by atoms with Gasteiger partial charge in [-0.3, -0.25) is 4.68 Å². The Bertz CT molecular complexity index is 813. The molecule has 2 N–H and O–H groups in total. The van der Waals surface area contributed by atoms with Crippen molar-refractivity contribution in [3.05, 3.63) is 47.8 Å². The van der Waals surface area contributed by atoms with Crippen molar-refractivity contribution in [3.8, 4) is 16.3 Å². The summed E-state index contributed by atoms with van der Waals surface area (Å²) in [5.74, 6) is 0.862. The number of rotatable bonds is 7. The molecular weight excluding hydrogens is 324 g/mol. The number of benzene rings is 1. The van der Waals surface area contributed by atoms with Gasteiger partial charge in [-0.2, -0.15) is 5.10 Å². The smallest absolute Gasteiger partial charge is 0.183 e. The first-order valence-electron chi connectivity index (χ1n) is 7.69. The minimum atomic E-state index is 0.0779. The largest absolute Gasteiger partial charge is 0.496 e. The molecule has 6 nitrogen and oxygen atoms in total. The van der Waals surface area contributed by atoms with E-state index in [4.69, 9.17) is 9.84 Å². The molecule has 0 aliphatic carbocycles. The lowest BCUT2D eigenvalue weighted by Gasteiger charge is -2.08. The van der Waals surface area contributed by atoms with Crippen LogP contribution in [0.2, 0.25) is 0 Å². The van der Waals surface area contributed by atoms with Gasteiger partial charge in [-0.1, -0.05) is 29.5 Å². The van der Waals surface area contributed by atoms with E-state index in [1.54, 1.807) is 23.1 Å². The molecule has 0 fully saturated rings. The third-order valence-electron chi connectivity index (χ3n) is 3.62. The SMILES string of the molecule is COc1ccccc1CNc1nc(C)c(-c2ccn(CCO)n2)s1. The number of aryl methyl sites for hydroxylation is 1. The topological polar surface area (TPSA) is 72.2 Å². The zero-order valence-corrected chi connectivity index (χ0v) is 14.5. The number of aliphatic hydroxyl groups excluding tert-OH is 1. The van der Waals surface area contributed by atoms with Crippen molar-refractivity contribution in [2.24, 2.45) is 0 Å². The lowest BCUT2D eigenvalue weighted by molar-refractivity contribution is 0.269. The van der Waals surface area contributed by atoms with Crippen LogP contribution >= 0.6 is 11.3 Å². The molecule has 0 aliphatic heterocycles. The minimum Gasteiger partial charge on any atom is -0.496 e. The molecule has 3 rings (SSSR count). The summed E-state index contributed by atoms with van der Waals surface area (Å²) in [5.41, 5.74) is 2.90. The molecule has 126 valence electrons. The van der Waals surface area contributed by atoms with E-state index in [0.717, 1.165) is 32.7 Å². The summed E-state index contributed by atoms with van der Waals surface area (Å²) in [5, 5.41) is 17.7. The number of ether oxygens (including phenoxy) is 1. The van der Waals surface area contributed by atoms with Crippen LogP contribution in [0.1, 0.15) is 11.3 Å². The van der Waals surface area contributed by atoms with Gasteiger partial charge in [0.2, 0.25) is 0 Å². The van der Waals surface area contributed by atoms with E-state index in [1.165, 1.54) is 0 Å². The highest BCUT2D eigenvalue weighted by Crippen LogP contribution is 2.32. The van der Waals surface area contributed by atoms with Gasteiger partial charge in [-0.05, 0) is 19.1 Å². The second-order valence-corrected chi connectivity index (χ2v) is 6.29. The Labute approximate surface area is 144 Å². The molecule has 3 aromatic rings. The van der Waals surface area contributed by atoms with Gasteiger partial charge in [0.05, 0.1) is 30.8 Å². The van der Waals surface area contributed by atoms with Crippen LogP contribution in [0.25, 0.3) is 10.6 Å². The number of para-hydroxylation sites is 1. The third-order valence-corrected chi connectivity index (χ3v) is 4.76. The minimum absolute atomic E-state index is 0.0779. The van der Waals surface area contributed by atoms with Gasteiger partial charge in [0.15, 0.2) is 5.13 Å². The second-order valence-electron chi connectivity index (χ2n) is 5.29. The van der Waals surface area contributed by atoms with Crippen LogP contribution < -0.4 is 10.1 Å². The fraction of sp³-hybridized carbons (Fsp3) is 0.294. The van der Waals surface area contributed by atoms with E-state index < -0.39 is 0 Å². The van der Waals surface area contributed by atoms with Crippen molar-refractivity contribution in [2.45, 2.75) is 20.0 Å². The van der Waals surface area contributed by atoms with Crippen LogP contribution in [-0.4, -0.2) is 33.6 Å². The van der Waals surface area contributed by atoms with Gasteiger partial charge in [0.25, 0.3) is 0 Å². The van der Waals surface area contributed by atoms with Crippen molar-refractivity contribution < 1.29 is 9.84 Å². The van der Waals surface area contributed by atoms with Crippen molar-refractivity contribution in [2.75, 3.05) is 19.0 Å².